The first kappa shape index (κ1) is 46.8. The third-order valence-electron chi connectivity index (χ3n) is 8.52. The fraction of sp³-hybridized carbons (Fsp3) is 0.711. The molecule has 4 heteroatoms. The number of carbonyl (C=O) groups excluding carboxylic acids is 1. The number of carbonyl (C=O) groups is 1. The highest BCUT2D eigenvalue weighted by molar-refractivity contribution is 5.69. The van der Waals surface area contributed by atoms with Gasteiger partial charge in [-0.15, -0.1) is 0 Å². The molecule has 0 rings (SSSR count). The first-order valence-electron chi connectivity index (χ1n) is 20.5. The van der Waals surface area contributed by atoms with E-state index in [1.165, 1.54) is 96.3 Å². The van der Waals surface area contributed by atoms with Crippen molar-refractivity contribution in [2.24, 2.45) is 0 Å². The van der Waals surface area contributed by atoms with Crippen LogP contribution in [0.25, 0.3) is 0 Å². The van der Waals surface area contributed by atoms with Gasteiger partial charge >= 0.3 is 5.97 Å². The Morgan fingerprint density at radius 3 is 1.39 bits per heavy atom. The maximum atomic E-state index is 12.2. The second-order valence-corrected chi connectivity index (χ2v) is 13.3. The molecule has 282 valence electrons. The van der Waals surface area contributed by atoms with E-state index >= 15 is 0 Å². The molecule has 0 amide bonds. The highest BCUT2D eigenvalue weighted by atomic mass is 16.6. The number of esters is 1. The lowest BCUT2D eigenvalue weighted by atomic mass is 10.1. The summed E-state index contributed by atoms with van der Waals surface area (Å²) >= 11 is 0. The Morgan fingerprint density at radius 1 is 0.510 bits per heavy atom. The minimum absolute atomic E-state index is 0.184. The van der Waals surface area contributed by atoms with Crippen molar-refractivity contribution in [3.05, 3.63) is 72.9 Å². The lowest BCUT2D eigenvalue weighted by Crippen LogP contribution is -2.27. The molecular weight excluding hydrogens is 604 g/mol. The summed E-state index contributed by atoms with van der Waals surface area (Å²) in [4.78, 5) is 12.2. The van der Waals surface area contributed by atoms with Gasteiger partial charge in [-0.25, -0.2) is 0 Å². The van der Waals surface area contributed by atoms with Gasteiger partial charge in [0.05, 0.1) is 13.2 Å². The van der Waals surface area contributed by atoms with Crippen LogP contribution in [0.15, 0.2) is 72.9 Å². The maximum absolute atomic E-state index is 12.2. The number of allylic oxidation sites excluding steroid dienone is 12. The van der Waals surface area contributed by atoms with Crippen LogP contribution in [0.4, 0.5) is 0 Å². The smallest absolute Gasteiger partial charge is 0.306 e. The molecule has 0 aliphatic heterocycles. The zero-order valence-corrected chi connectivity index (χ0v) is 32.2. The van der Waals surface area contributed by atoms with Crippen molar-refractivity contribution >= 4 is 5.97 Å². The Morgan fingerprint density at radius 2 is 0.918 bits per heavy atom. The van der Waals surface area contributed by atoms with E-state index in [1.807, 2.05) is 0 Å². The summed E-state index contributed by atoms with van der Waals surface area (Å²) in [6.07, 6.45) is 56.6. The van der Waals surface area contributed by atoms with Crippen LogP contribution in [-0.4, -0.2) is 37.0 Å². The van der Waals surface area contributed by atoms with Crippen molar-refractivity contribution < 1.29 is 19.4 Å². The van der Waals surface area contributed by atoms with E-state index in [1.54, 1.807) is 0 Å². The third kappa shape index (κ3) is 40.1. The van der Waals surface area contributed by atoms with Crippen LogP contribution in [0.1, 0.15) is 181 Å². The number of hydrogen-bond donors (Lipinski definition) is 1. The molecule has 0 spiro atoms. The fourth-order valence-electron chi connectivity index (χ4n) is 5.47. The zero-order chi connectivity index (χ0) is 35.6. The highest BCUT2D eigenvalue weighted by Gasteiger charge is 2.13. The number of aliphatic hydroxyl groups excluding tert-OH is 1. The van der Waals surface area contributed by atoms with Crippen LogP contribution in [0.3, 0.4) is 0 Å². The second-order valence-electron chi connectivity index (χ2n) is 13.3. The second kappa shape index (κ2) is 42.0. The molecule has 0 aliphatic rings. The SMILES string of the molecule is CC/C=C\C/C=C\C/C=C\C/C=C\CCCCCCCCC(=O)OC(CO)COCCCCCCCCCC/C=C\C/C=C\CCCCC. The van der Waals surface area contributed by atoms with Gasteiger partial charge in [0, 0.05) is 13.0 Å². The largest absolute Gasteiger partial charge is 0.457 e. The topological polar surface area (TPSA) is 55.8 Å². The number of rotatable bonds is 37. The van der Waals surface area contributed by atoms with E-state index in [4.69, 9.17) is 9.47 Å². The molecule has 0 aromatic rings. The van der Waals surface area contributed by atoms with Gasteiger partial charge in [-0.05, 0) is 83.5 Å². The van der Waals surface area contributed by atoms with Crippen molar-refractivity contribution in [1.29, 1.82) is 0 Å². The van der Waals surface area contributed by atoms with Crippen LogP contribution in [0.2, 0.25) is 0 Å². The summed E-state index contributed by atoms with van der Waals surface area (Å²) in [5.41, 5.74) is 0. The molecule has 0 radical (unpaired) electrons. The van der Waals surface area contributed by atoms with Gasteiger partial charge in [0.2, 0.25) is 0 Å². The van der Waals surface area contributed by atoms with Gasteiger partial charge in [-0.1, -0.05) is 164 Å². The summed E-state index contributed by atoms with van der Waals surface area (Å²) < 4.78 is 11.1. The molecule has 0 aromatic heterocycles. The number of ether oxygens (including phenoxy) is 2. The molecule has 1 atom stereocenters. The lowest BCUT2D eigenvalue weighted by molar-refractivity contribution is -0.154. The number of unbranched alkanes of at least 4 members (excludes halogenated alkanes) is 17. The van der Waals surface area contributed by atoms with E-state index in [0.29, 0.717) is 13.0 Å². The Balaban J connectivity index is 3.50. The van der Waals surface area contributed by atoms with Crippen molar-refractivity contribution in [3.8, 4) is 0 Å². The molecular formula is C45H78O4. The van der Waals surface area contributed by atoms with Crippen LogP contribution < -0.4 is 0 Å². The third-order valence-corrected chi connectivity index (χ3v) is 8.52. The average Bonchev–Trinajstić information content (AvgIpc) is 3.11. The first-order chi connectivity index (χ1) is 24.2. The summed E-state index contributed by atoms with van der Waals surface area (Å²) in [5.74, 6) is -0.219. The first-order valence-corrected chi connectivity index (χ1v) is 20.5. The number of hydrogen-bond acceptors (Lipinski definition) is 4. The lowest BCUT2D eigenvalue weighted by Gasteiger charge is -2.15. The quantitative estimate of drug-likeness (QED) is 0.0402. The van der Waals surface area contributed by atoms with Gasteiger partial charge in [0.25, 0.3) is 0 Å². The summed E-state index contributed by atoms with van der Waals surface area (Å²) in [6, 6.07) is 0. The van der Waals surface area contributed by atoms with Gasteiger partial charge in [-0.2, -0.15) is 0 Å². The van der Waals surface area contributed by atoms with Gasteiger partial charge in [0.15, 0.2) is 0 Å². The Hall–Kier alpha value is -2.17. The van der Waals surface area contributed by atoms with E-state index in [-0.39, 0.29) is 19.2 Å². The molecule has 0 saturated carbocycles. The predicted molar refractivity (Wildman–Crippen MR) is 214 cm³/mol. The van der Waals surface area contributed by atoms with Crippen LogP contribution in [-0.2, 0) is 14.3 Å². The van der Waals surface area contributed by atoms with E-state index in [2.05, 4.69) is 86.8 Å². The minimum Gasteiger partial charge on any atom is -0.457 e. The normalized spacial score (nSPS) is 13.1. The maximum Gasteiger partial charge on any atom is 0.306 e. The van der Waals surface area contributed by atoms with Gasteiger partial charge in [0.1, 0.15) is 6.10 Å². The summed E-state index contributed by atoms with van der Waals surface area (Å²) in [5, 5.41) is 9.59. The Kier molecular flexibility index (Phi) is 40.1. The monoisotopic (exact) mass is 683 g/mol. The molecule has 0 saturated heterocycles. The molecule has 1 N–H and O–H groups in total. The molecule has 0 heterocycles. The van der Waals surface area contributed by atoms with E-state index < -0.39 is 6.10 Å². The Bertz CT molecular complexity index is 850. The van der Waals surface area contributed by atoms with Crippen molar-refractivity contribution in [1.82, 2.24) is 0 Å². The van der Waals surface area contributed by atoms with Gasteiger partial charge in [-0.3, -0.25) is 4.79 Å². The van der Waals surface area contributed by atoms with Gasteiger partial charge < -0.3 is 14.6 Å². The molecule has 4 nitrogen and oxygen atoms in total. The van der Waals surface area contributed by atoms with Crippen molar-refractivity contribution in [3.63, 3.8) is 0 Å². The number of aliphatic hydroxyl groups is 1. The van der Waals surface area contributed by atoms with Crippen molar-refractivity contribution in [2.75, 3.05) is 19.8 Å². The minimum atomic E-state index is -0.548. The molecule has 0 fully saturated rings. The fourth-order valence-corrected chi connectivity index (χ4v) is 5.47. The molecule has 49 heavy (non-hydrogen) atoms. The van der Waals surface area contributed by atoms with E-state index in [9.17, 15) is 9.90 Å². The summed E-state index contributed by atoms with van der Waals surface area (Å²) in [7, 11) is 0. The Labute approximate surface area is 304 Å². The molecule has 0 aromatic carbocycles. The van der Waals surface area contributed by atoms with E-state index in [0.717, 1.165) is 64.2 Å². The van der Waals surface area contributed by atoms with Crippen LogP contribution in [0.5, 0.6) is 0 Å². The zero-order valence-electron chi connectivity index (χ0n) is 32.2. The summed E-state index contributed by atoms with van der Waals surface area (Å²) in [6.45, 7) is 5.18. The van der Waals surface area contributed by atoms with Crippen LogP contribution in [0, 0.1) is 0 Å². The molecule has 0 bridgehead atoms. The predicted octanol–water partition coefficient (Wildman–Crippen LogP) is 13.4. The van der Waals surface area contributed by atoms with Crippen LogP contribution >= 0.6 is 0 Å². The van der Waals surface area contributed by atoms with Crippen molar-refractivity contribution in [2.45, 2.75) is 187 Å². The average molecular weight is 683 g/mol. The molecule has 1 unspecified atom stereocenters. The highest BCUT2D eigenvalue weighted by Crippen LogP contribution is 2.12. The molecule has 0 aliphatic carbocycles. The standard InChI is InChI=1S/C45H78O4/c1-3-5-7-9-11-13-15-17-19-21-23-24-26-28-30-32-34-36-38-40-45(47)49-44(42-46)43-48-41-39-37-35-33-31-29-27-25-22-20-18-16-14-12-10-8-6-4-2/h5,7,11-14,17-20,23-24,44,46H,3-4,6,8-10,15-16,21-22,25-43H2,1-2H3/b7-5-,13-11-,14-12-,19-17-,20-18-,24-23-.